The number of nitrogens with two attached hydrogens (primary N) is 1. The Hall–Kier alpha value is -3.31. The minimum atomic E-state index is -4.49. The lowest BCUT2D eigenvalue weighted by molar-refractivity contribution is -0.137. The SMILES string of the molecule is COCC1(COc2cc3c(NCc4cc(N)cc(C(F)(F)F)c4)nc(C)nc3cc2OC)CN(C)C1. The third-order valence-corrected chi connectivity index (χ3v) is 6.09. The van der Waals surface area contributed by atoms with Crippen molar-refractivity contribution in [2.75, 3.05) is 58.6 Å². The number of hydrogen-bond acceptors (Lipinski definition) is 8. The monoisotopic (exact) mass is 505 g/mol. The van der Waals surface area contributed by atoms with E-state index in [9.17, 15) is 13.2 Å². The maximum absolute atomic E-state index is 13.2. The highest BCUT2D eigenvalue weighted by Crippen LogP contribution is 2.37. The first-order valence-corrected chi connectivity index (χ1v) is 11.4. The number of anilines is 2. The Bertz CT molecular complexity index is 1240. The number of rotatable bonds is 9. The van der Waals surface area contributed by atoms with Gasteiger partial charge in [-0.25, -0.2) is 9.97 Å². The number of aryl methyl sites for hydroxylation is 1. The van der Waals surface area contributed by atoms with Gasteiger partial charge in [-0.15, -0.1) is 0 Å². The van der Waals surface area contributed by atoms with Gasteiger partial charge in [-0.1, -0.05) is 0 Å². The Morgan fingerprint density at radius 3 is 2.44 bits per heavy atom. The number of benzene rings is 2. The molecule has 0 bridgehead atoms. The van der Waals surface area contributed by atoms with E-state index in [1.807, 2.05) is 7.05 Å². The van der Waals surface area contributed by atoms with E-state index in [4.69, 9.17) is 19.9 Å². The number of aromatic nitrogens is 2. The van der Waals surface area contributed by atoms with E-state index in [1.54, 1.807) is 33.3 Å². The number of nitrogens with zero attached hydrogens (tertiary/aromatic N) is 3. The molecule has 1 aliphatic heterocycles. The van der Waals surface area contributed by atoms with Crippen molar-refractivity contribution in [2.24, 2.45) is 5.41 Å². The van der Waals surface area contributed by atoms with E-state index in [0.717, 1.165) is 25.2 Å². The van der Waals surface area contributed by atoms with Crippen LogP contribution in [0.15, 0.2) is 30.3 Å². The summed E-state index contributed by atoms with van der Waals surface area (Å²) in [5.74, 6) is 2.02. The van der Waals surface area contributed by atoms with Crippen molar-refractivity contribution in [3.05, 3.63) is 47.3 Å². The molecule has 0 aliphatic carbocycles. The number of halogens is 3. The fraction of sp³-hybridized carbons (Fsp3) is 0.440. The lowest BCUT2D eigenvalue weighted by atomic mass is 9.82. The number of hydrogen-bond donors (Lipinski definition) is 2. The number of methoxy groups -OCH3 is 2. The van der Waals surface area contributed by atoms with Gasteiger partial charge in [-0.3, -0.25) is 0 Å². The zero-order valence-electron chi connectivity index (χ0n) is 20.7. The van der Waals surface area contributed by atoms with Gasteiger partial charge in [0.1, 0.15) is 11.6 Å². The number of likely N-dealkylation sites (tertiary alicyclic amines) is 1. The van der Waals surface area contributed by atoms with Gasteiger partial charge in [0.2, 0.25) is 0 Å². The highest BCUT2D eigenvalue weighted by atomic mass is 19.4. The van der Waals surface area contributed by atoms with E-state index in [-0.39, 0.29) is 17.6 Å². The molecule has 0 amide bonds. The van der Waals surface area contributed by atoms with E-state index in [0.29, 0.717) is 52.8 Å². The summed E-state index contributed by atoms with van der Waals surface area (Å²) >= 11 is 0. The highest BCUT2D eigenvalue weighted by Gasteiger charge is 2.42. The summed E-state index contributed by atoms with van der Waals surface area (Å²) in [5.41, 5.74) is 5.84. The van der Waals surface area contributed by atoms with Crippen LogP contribution in [0.2, 0.25) is 0 Å². The Morgan fingerprint density at radius 1 is 1.06 bits per heavy atom. The van der Waals surface area contributed by atoms with Gasteiger partial charge >= 0.3 is 6.18 Å². The molecule has 0 spiro atoms. The molecule has 3 N–H and O–H groups in total. The smallest absolute Gasteiger partial charge is 0.416 e. The second-order valence-corrected chi connectivity index (χ2v) is 9.35. The number of nitrogen functional groups attached to an aromatic ring is 1. The van der Waals surface area contributed by atoms with Crippen LogP contribution in [0.25, 0.3) is 10.9 Å². The van der Waals surface area contributed by atoms with Gasteiger partial charge in [-0.2, -0.15) is 13.2 Å². The second kappa shape index (κ2) is 9.98. The Morgan fingerprint density at radius 2 is 1.81 bits per heavy atom. The van der Waals surface area contributed by atoms with Gasteiger partial charge in [0.25, 0.3) is 0 Å². The van der Waals surface area contributed by atoms with Crippen LogP contribution in [0.5, 0.6) is 11.5 Å². The first-order valence-electron chi connectivity index (χ1n) is 11.4. The summed E-state index contributed by atoms with van der Waals surface area (Å²) in [6, 6.07) is 7.05. The van der Waals surface area contributed by atoms with E-state index in [2.05, 4.69) is 20.2 Å². The molecule has 1 aliphatic rings. The Labute approximate surface area is 207 Å². The summed E-state index contributed by atoms with van der Waals surface area (Å²) in [6.45, 7) is 4.54. The largest absolute Gasteiger partial charge is 0.493 e. The van der Waals surface area contributed by atoms with Gasteiger partial charge in [-0.05, 0) is 43.8 Å². The third-order valence-electron chi connectivity index (χ3n) is 6.09. The second-order valence-electron chi connectivity index (χ2n) is 9.35. The lowest BCUT2D eigenvalue weighted by Crippen LogP contribution is -2.59. The fourth-order valence-electron chi connectivity index (χ4n) is 4.69. The molecular formula is C25H30F3N5O3. The lowest BCUT2D eigenvalue weighted by Gasteiger charge is -2.47. The van der Waals surface area contributed by atoms with Gasteiger partial charge < -0.3 is 30.2 Å². The molecule has 11 heteroatoms. The third kappa shape index (κ3) is 5.57. The molecule has 0 saturated carbocycles. The quantitative estimate of drug-likeness (QED) is 0.420. The molecule has 2 aromatic carbocycles. The average Bonchev–Trinajstić information content (AvgIpc) is 2.79. The molecule has 1 saturated heterocycles. The molecule has 0 radical (unpaired) electrons. The van der Waals surface area contributed by atoms with Gasteiger partial charge in [0.15, 0.2) is 11.5 Å². The molecule has 2 heterocycles. The molecule has 1 fully saturated rings. The van der Waals surface area contributed by atoms with Crippen LogP contribution in [0.3, 0.4) is 0 Å². The zero-order valence-corrected chi connectivity index (χ0v) is 20.7. The topological polar surface area (TPSA) is 94.8 Å². The van der Waals surface area contributed by atoms with Crippen molar-refractivity contribution in [1.29, 1.82) is 0 Å². The Kier molecular flexibility index (Phi) is 7.14. The maximum Gasteiger partial charge on any atom is 0.416 e. The van der Waals surface area contributed by atoms with E-state index in [1.165, 1.54) is 6.07 Å². The maximum atomic E-state index is 13.2. The Balaban J connectivity index is 1.62. The summed E-state index contributed by atoms with van der Waals surface area (Å²) in [4.78, 5) is 11.2. The number of nitrogens with one attached hydrogen (secondary N) is 1. The van der Waals surface area contributed by atoms with Crippen LogP contribution >= 0.6 is 0 Å². The minimum Gasteiger partial charge on any atom is -0.493 e. The number of ether oxygens (including phenoxy) is 3. The van der Waals surface area contributed by atoms with Gasteiger partial charge in [0, 0.05) is 43.9 Å². The molecule has 194 valence electrons. The van der Waals surface area contributed by atoms with Crippen LogP contribution in [-0.2, 0) is 17.5 Å². The summed E-state index contributed by atoms with van der Waals surface area (Å²) in [5, 5.41) is 3.79. The van der Waals surface area contributed by atoms with Crippen LogP contribution in [-0.4, -0.2) is 62.4 Å². The number of alkyl halides is 3. The summed E-state index contributed by atoms with van der Waals surface area (Å²) < 4.78 is 56.8. The van der Waals surface area contributed by atoms with Crippen molar-refractivity contribution < 1.29 is 27.4 Å². The van der Waals surface area contributed by atoms with Crippen LogP contribution in [0.1, 0.15) is 17.0 Å². The van der Waals surface area contributed by atoms with E-state index >= 15 is 0 Å². The van der Waals surface area contributed by atoms with Crippen LogP contribution in [0.4, 0.5) is 24.7 Å². The summed E-state index contributed by atoms with van der Waals surface area (Å²) in [6.07, 6.45) is -4.49. The zero-order chi connectivity index (χ0) is 26.1. The van der Waals surface area contributed by atoms with Crippen LogP contribution in [0, 0.1) is 12.3 Å². The number of fused-ring (bicyclic) bond motifs is 1. The van der Waals surface area contributed by atoms with Crippen LogP contribution < -0.4 is 20.5 Å². The molecule has 8 nitrogen and oxygen atoms in total. The predicted octanol–water partition coefficient (Wildman–Crippen LogP) is 4.12. The fourth-order valence-corrected chi connectivity index (χ4v) is 4.69. The minimum absolute atomic E-state index is 0.0393. The standard InChI is InChI=1S/C25H30F3N5O3/c1-15-31-20-9-21(35-4)22(36-14-24(13-34-3)11-33(2)12-24)8-19(20)23(32-15)30-10-16-5-17(25(26,27)28)7-18(29)6-16/h5-9H,10-14,29H2,1-4H3,(H,30,31,32). The first kappa shape index (κ1) is 25.8. The van der Waals surface area contributed by atoms with Crippen molar-refractivity contribution in [3.63, 3.8) is 0 Å². The molecule has 0 unspecified atom stereocenters. The highest BCUT2D eigenvalue weighted by molar-refractivity contribution is 5.91. The van der Waals surface area contributed by atoms with Gasteiger partial charge in [0.05, 0.1) is 36.8 Å². The van der Waals surface area contributed by atoms with Crippen molar-refractivity contribution in [3.8, 4) is 11.5 Å². The van der Waals surface area contributed by atoms with E-state index < -0.39 is 11.7 Å². The molecule has 36 heavy (non-hydrogen) atoms. The van der Waals surface area contributed by atoms with Crippen molar-refractivity contribution in [1.82, 2.24) is 14.9 Å². The first-order chi connectivity index (χ1) is 17.0. The average molecular weight is 506 g/mol. The molecule has 1 aromatic heterocycles. The summed E-state index contributed by atoms with van der Waals surface area (Å²) in [7, 11) is 5.27. The molecular weight excluding hydrogens is 475 g/mol. The molecule has 4 rings (SSSR count). The van der Waals surface area contributed by atoms with Crippen molar-refractivity contribution in [2.45, 2.75) is 19.6 Å². The van der Waals surface area contributed by atoms with Crippen molar-refractivity contribution >= 4 is 22.4 Å². The normalized spacial score (nSPS) is 15.5. The molecule has 3 aromatic rings. The predicted molar refractivity (Wildman–Crippen MR) is 131 cm³/mol. The molecule has 0 atom stereocenters.